The van der Waals surface area contributed by atoms with Crippen LogP contribution < -0.4 is 10.1 Å². The SMILES string of the molecule is O=C(CC(C(=O)c1ccc(C(=O)NC[C@@H](O)C(=O)O)cc1)c1ccc(OC(F)(F)F)cc1)c1cccc(SC(F)(F)F)c1. The van der Waals surface area contributed by atoms with Crippen molar-refractivity contribution >= 4 is 35.2 Å². The van der Waals surface area contributed by atoms with Gasteiger partial charge in [0.2, 0.25) is 0 Å². The summed E-state index contributed by atoms with van der Waals surface area (Å²) in [6.07, 6.45) is -7.39. The first kappa shape index (κ1) is 33.1. The first-order chi connectivity index (χ1) is 20.0. The summed E-state index contributed by atoms with van der Waals surface area (Å²) in [6.45, 7) is -0.588. The molecule has 0 spiro atoms. The van der Waals surface area contributed by atoms with E-state index in [9.17, 15) is 50.6 Å². The van der Waals surface area contributed by atoms with Gasteiger partial charge in [-0.1, -0.05) is 36.4 Å². The predicted octanol–water partition coefficient (Wildman–Crippen LogP) is 5.61. The molecule has 3 N–H and O–H groups in total. The molecule has 15 heteroatoms. The van der Waals surface area contributed by atoms with Gasteiger partial charge in [-0.2, -0.15) is 13.2 Å². The second-order valence-electron chi connectivity index (χ2n) is 8.88. The number of halogens is 6. The van der Waals surface area contributed by atoms with Gasteiger partial charge in [-0.25, -0.2) is 4.79 Å². The molecule has 8 nitrogen and oxygen atoms in total. The minimum atomic E-state index is -4.98. The molecular formula is C28H21F6NO7S. The molecule has 1 unspecified atom stereocenters. The number of hydrogen-bond acceptors (Lipinski definition) is 7. The smallest absolute Gasteiger partial charge is 0.479 e. The van der Waals surface area contributed by atoms with Crippen molar-refractivity contribution in [1.29, 1.82) is 0 Å². The van der Waals surface area contributed by atoms with E-state index < -0.39 is 77.8 Å². The van der Waals surface area contributed by atoms with Crippen LogP contribution >= 0.6 is 11.8 Å². The molecule has 43 heavy (non-hydrogen) atoms. The molecule has 0 aliphatic carbocycles. The lowest BCUT2D eigenvalue weighted by atomic mass is 9.85. The van der Waals surface area contributed by atoms with Crippen LogP contribution in [0.15, 0.2) is 77.7 Å². The molecule has 0 aliphatic rings. The number of ether oxygens (including phenoxy) is 1. The first-order valence-electron chi connectivity index (χ1n) is 12.1. The van der Waals surface area contributed by atoms with E-state index in [1.54, 1.807) is 0 Å². The lowest BCUT2D eigenvalue weighted by Gasteiger charge is -2.18. The molecule has 3 aromatic rings. The second kappa shape index (κ2) is 13.7. The fourth-order valence-electron chi connectivity index (χ4n) is 3.80. The number of hydrogen-bond donors (Lipinski definition) is 3. The first-order valence-corrected chi connectivity index (χ1v) is 12.9. The van der Waals surface area contributed by atoms with Crippen molar-refractivity contribution in [3.05, 3.63) is 95.1 Å². The van der Waals surface area contributed by atoms with E-state index >= 15 is 0 Å². The molecule has 0 aliphatic heterocycles. The highest BCUT2D eigenvalue weighted by Crippen LogP contribution is 2.37. The molecule has 0 saturated heterocycles. The highest BCUT2D eigenvalue weighted by Gasteiger charge is 2.32. The number of aliphatic hydroxyl groups excluding tert-OH is 1. The highest BCUT2D eigenvalue weighted by molar-refractivity contribution is 8.00. The van der Waals surface area contributed by atoms with Gasteiger partial charge in [0.05, 0.1) is 12.5 Å². The van der Waals surface area contributed by atoms with Crippen molar-refractivity contribution in [2.75, 3.05) is 6.54 Å². The molecule has 2 atom stereocenters. The molecule has 0 aromatic heterocycles. The Hall–Kier alpha value is -4.37. The standard InChI is InChI=1S/C28H21F6NO7S/c29-27(30,31)42-19-10-8-15(9-11-19)21(13-22(36)18-2-1-3-20(12-18)43-28(32,33)34)24(38)16-4-6-17(7-5-16)25(39)35-14-23(37)26(40)41/h1-12,21,23,37H,13-14H2,(H,35,39)(H,40,41)/t21?,23-/m1/s1. The van der Waals surface area contributed by atoms with Crippen molar-refractivity contribution in [1.82, 2.24) is 5.32 Å². The lowest BCUT2D eigenvalue weighted by Crippen LogP contribution is -2.36. The predicted molar refractivity (Wildman–Crippen MR) is 140 cm³/mol. The molecule has 0 heterocycles. The van der Waals surface area contributed by atoms with Gasteiger partial charge in [0.25, 0.3) is 5.91 Å². The molecule has 0 radical (unpaired) electrons. The highest BCUT2D eigenvalue weighted by atomic mass is 32.2. The Labute approximate surface area is 243 Å². The van der Waals surface area contributed by atoms with Gasteiger partial charge in [0, 0.05) is 28.0 Å². The number of nitrogens with one attached hydrogen (secondary N) is 1. The molecule has 1 amide bonds. The van der Waals surface area contributed by atoms with Crippen LogP contribution in [0.25, 0.3) is 0 Å². The number of carbonyl (C=O) groups excluding carboxylic acids is 3. The zero-order valence-electron chi connectivity index (χ0n) is 21.6. The van der Waals surface area contributed by atoms with Crippen LogP contribution in [0.5, 0.6) is 5.75 Å². The second-order valence-corrected chi connectivity index (χ2v) is 10.0. The van der Waals surface area contributed by atoms with Crippen molar-refractivity contribution in [2.45, 2.75) is 35.2 Å². The number of thioether (sulfide) groups is 1. The third kappa shape index (κ3) is 10.1. The number of rotatable bonds is 12. The topological polar surface area (TPSA) is 130 Å². The minimum Gasteiger partial charge on any atom is -0.479 e. The summed E-state index contributed by atoms with van der Waals surface area (Å²) in [5.74, 6) is -5.60. The number of alkyl halides is 6. The normalized spacial score (nSPS) is 13.1. The van der Waals surface area contributed by atoms with Crippen LogP contribution in [-0.4, -0.2) is 58.2 Å². The van der Waals surface area contributed by atoms with E-state index in [0.29, 0.717) is 0 Å². The Balaban J connectivity index is 1.88. The fraction of sp³-hybridized carbons (Fsp3) is 0.214. The Morgan fingerprint density at radius 2 is 1.44 bits per heavy atom. The Morgan fingerprint density at radius 1 is 0.837 bits per heavy atom. The van der Waals surface area contributed by atoms with Crippen molar-refractivity contribution in [2.24, 2.45) is 0 Å². The third-order valence-electron chi connectivity index (χ3n) is 5.78. The number of Topliss-reactive ketones (excluding diaryl/α,β-unsaturated/α-hetero) is 2. The molecule has 3 aromatic carbocycles. The number of carboxylic acids is 1. The maximum absolute atomic E-state index is 13.5. The van der Waals surface area contributed by atoms with E-state index in [2.05, 4.69) is 10.1 Å². The summed E-state index contributed by atoms with van der Waals surface area (Å²) in [5.41, 5.74) is -4.65. The summed E-state index contributed by atoms with van der Waals surface area (Å²) in [7, 11) is 0. The minimum absolute atomic E-state index is 0.00519. The summed E-state index contributed by atoms with van der Waals surface area (Å²) in [4.78, 5) is 49.3. The van der Waals surface area contributed by atoms with E-state index in [1.807, 2.05) is 0 Å². The van der Waals surface area contributed by atoms with Crippen LogP contribution in [-0.2, 0) is 4.79 Å². The van der Waals surface area contributed by atoms with Gasteiger partial charge in [-0.05, 0) is 53.7 Å². The number of carboxylic acid groups (broad SMARTS) is 1. The molecule has 0 saturated carbocycles. The monoisotopic (exact) mass is 629 g/mol. The van der Waals surface area contributed by atoms with Gasteiger partial charge >= 0.3 is 17.8 Å². The van der Waals surface area contributed by atoms with E-state index in [-0.39, 0.29) is 27.1 Å². The number of aliphatic hydroxyl groups is 1. The van der Waals surface area contributed by atoms with Crippen LogP contribution in [0, 0.1) is 0 Å². The molecule has 0 fully saturated rings. The average molecular weight is 630 g/mol. The summed E-state index contributed by atoms with van der Waals surface area (Å²) in [6, 6.07) is 13.7. The number of amides is 1. The van der Waals surface area contributed by atoms with Gasteiger partial charge < -0.3 is 20.3 Å². The molecule has 0 bridgehead atoms. The van der Waals surface area contributed by atoms with Crippen LogP contribution in [0.4, 0.5) is 26.3 Å². The van der Waals surface area contributed by atoms with Gasteiger partial charge in [0.1, 0.15) is 5.75 Å². The van der Waals surface area contributed by atoms with Gasteiger partial charge in [0.15, 0.2) is 17.7 Å². The summed E-state index contributed by atoms with van der Waals surface area (Å²) < 4.78 is 80.1. The van der Waals surface area contributed by atoms with Crippen molar-refractivity contribution < 1.29 is 60.5 Å². The maximum atomic E-state index is 13.5. The summed E-state index contributed by atoms with van der Waals surface area (Å²) in [5, 5.41) is 20.2. The Kier molecular flexibility index (Phi) is 10.6. The quantitative estimate of drug-likeness (QED) is 0.134. The molecular weight excluding hydrogens is 608 g/mol. The van der Waals surface area contributed by atoms with Crippen molar-refractivity contribution in [3.8, 4) is 5.75 Å². The largest absolute Gasteiger partial charge is 0.573 e. The van der Waals surface area contributed by atoms with E-state index in [4.69, 9.17) is 5.11 Å². The van der Waals surface area contributed by atoms with Crippen LogP contribution in [0.2, 0.25) is 0 Å². The number of ketones is 2. The molecule has 228 valence electrons. The Bertz CT molecular complexity index is 1470. The van der Waals surface area contributed by atoms with Gasteiger partial charge in [-0.3, -0.25) is 14.4 Å². The zero-order valence-corrected chi connectivity index (χ0v) is 22.4. The average Bonchev–Trinajstić information content (AvgIpc) is 2.93. The van der Waals surface area contributed by atoms with E-state index in [0.717, 1.165) is 36.4 Å². The number of carbonyl (C=O) groups is 4. The number of aliphatic carboxylic acids is 1. The van der Waals surface area contributed by atoms with Crippen molar-refractivity contribution in [3.63, 3.8) is 0 Å². The number of benzene rings is 3. The maximum Gasteiger partial charge on any atom is 0.573 e. The molecule has 3 rings (SSSR count). The zero-order chi connectivity index (χ0) is 31.9. The van der Waals surface area contributed by atoms with Crippen LogP contribution in [0.3, 0.4) is 0 Å². The van der Waals surface area contributed by atoms with Gasteiger partial charge in [-0.15, -0.1) is 13.2 Å². The van der Waals surface area contributed by atoms with Crippen LogP contribution in [0.1, 0.15) is 49.0 Å². The summed E-state index contributed by atoms with van der Waals surface area (Å²) >= 11 is -0.434. The third-order valence-corrected chi connectivity index (χ3v) is 6.51. The Morgan fingerprint density at radius 3 is 2.00 bits per heavy atom. The lowest BCUT2D eigenvalue weighted by molar-refractivity contribution is -0.274. The van der Waals surface area contributed by atoms with E-state index in [1.165, 1.54) is 36.4 Å². The fourth-order valence-corrected chi connectivity index (χ4v) is 4.40.